The van der Waals surface area contributed by atoms with Gasteiger partial charge in [0.2, 0.25) is 5.91 Å². The van der Waals surface area contributed by atoms with Gasteiger partial charge in [0, 0.05) is 5.56 Å². The van der Waals surface area contributed by atoms with Gasteiger partial charge in [0.15, 0.2) is 9.84 Å². The summed E-state index contributed by atoms with van der Waals surface area (Å²) in [7, 11) is -4.65. The molecule has 0 bridgehead atoms. The average Bonchev–Trinajstić information content (AvgIpc) is 3.14. The van der Waals surface area contributed by atoms with Gasteiger partial charge >= 0.3 is 24.1 Å². The van der Waals surface area contributed by atoms with Crippen LogP contribution in [0.15, 0.2) is 47.4 Å². The second-order valence-electron chi connectivity index (χ2n) is 11.2. The van der Waals surface area contributed by atoms with Crippen LogP contribution in [-0.2, 0) is 36.2 Å². The Bertz CT molecular complexity index is 1480. The Labute approximate surface area is 231 Å². The molecule has 0 aromatic heterocycles. The molecule has 1 saturated heterocycles. The zero-order valence-corrected chi connectivity index (χ0v) is 23.1. The molecule has 1 aliphatic heterocycles. The van der Waals surface area contributed by atoms with Crippen LogP contribution < -0.4 is 0 Å². The molecule has 0 radical (unpaired) electrons. The maximum absolute atomic E-state index is 14.9. The zero-order valence-electron chi connectivity index (χ0n) is 22.3. The molecule has 224 valence electrons. The summed E-state index contributed by atoms with van der Waals surface area (Å²) in [5.74, 6) is -0.956. The summed E-state index contributed by atoms with van der Waals surface area (Å²) in [6, 6.07) is 5.29. The van der Waals surface area contributed by atoms with E-state index in [1.165, 1.54) is 45.0 Å². The number of amides is 2. The fraction of sp³-hybridized carbons (Fsp3) is 0.481. The van der Waals surface area contributed by atoms with Crippen LogP contribution in [0.2, 0.25) is 0 Å². The van der Waals surface area contributed by atoms with Crippen LogP contribution in [0.4, 0.5) is 35.5 Å². The first kappa shape index (κ1) is 30.8. The van der Waals surface area contributed by atoms with E-state index in [0.29, 0.717) is 22.6 Å². The predicted octanol–water partition coefficient (Wildman–Crippen LogP) is 6.44. The molecule has 0 N–H and O–H groups in total. The van der Waals surface area contributed by atoms with Crippen molar-refractivity contribution < 1.29 is 53.5 Å². The molecular weight excluding hydrogens is 583 g/mol. The van der Waals surface area contributed by atoms with Crippen LogP contribution >= 0.6 is 0 Å². The van der Waals surface area contributed by atoms with Crippen LogP contribution in [0.1, 0.15) is 55.9 Å². The SMILES string of the molecule is Cc1ccc(S(=O)(=O)[C@@]23CC(=O)N(C(=O)OC(C)(C)C)[C@@H]2CCc2cc(C(F)(C(F)(F)F)C(F)(F)F)ccc23)cc1. The summed E-state index contributed by atoms with van der Waals surface area (Å²) >= 11 is 0. The smallest absolute Gasteiger partial charge is 0.435 e. The largest absolute Gasteiger partial charge is 0.443 e. The number of nitrogens with zero attached hydrogens (tertiary/aromatic N) is 1. The number of carbonyl (C=O) groups excluding carboxylic acids is 2. The molecule has 0 spiro atoms. The number of aryl methyl sites for hydroxylation is 2. The highest BCUT2D eigenvalue weighted by Crippen LogP contribution is 2.57. The van der Waals surface area contributed by atoms with E-state index in [1.807, 2.05) is 0 Å². The van der Waals surface area contributed by atoms with Crippen molar-refractivity contribution >= 4 is 21.8 Å². The van der Waals surface area contributed by atoms with E-state index in [0.717, 1.165) is 0 Å². The average molecular weight is 610 g/mol. The minimum absolute atomic E-state index is 0.231. The molecule has 1 heterocycles. The topological polar surface area (TPSA) is 80.8 Å². The third-order valence-corrected chi connectivity index (χ3v) is 9.85. The van der Waals surface area contributed by atoms with Crippen molar-refractivity contribution in [1.29, 1.82) is 0 Å². The summed E-state index contributed by atoms with van der Waals surface area (Å²) in [5.41, 5.74) is -8.51. The molecule has 4 rings (SSSR count). The lowest BCUT2D eigenvalue weighted by Crippen LogP contribution is -2.53. The van der Waals surface area contributed by atoms with Gasteiger partial charge in [-0.25, -0.2) is 22.5 Å². The molecule has 2 aromatic rings. The van der Waals surface area contributed by atoms with Crippen LogP contribution in [0.25, 0.3) is 0 Å². The van der Waals surface area contributed by atoms with E-state index >= 15 is 0 Å². The van der Waals surface area contributed by atoms with Gasteiger partial charge in [-0.15, -0.1) is 0 Å². The number of fused-ring (bicyclic) bond motifs is 3. The number of alkyl halides is 7. The van der Waals surface area contributed by atoms with E-state index in [4.69, 9.17) is 4.74 Å². The molecule has 1 fully saturated rings. The van der Waals surface area contributed by atoms with Crippen molar-refractivity contribution in [3.63, 3.8) is 0 Å². The Hall–Kier alpha value is -3.16. The van der Waals surface area contributed by atoms with Gasteiger partial charge in [0.1, 0.15) is 10.3 Å². The lowest BCUT2D eigenvalue weighted by atomic mass is 9.77. The van der Waals surface area contributed by atoms with Crippen molar-refractivity contribution in [2.75, 3.05) is 0 Å². The molecule has 2 aliphatic rings. The van der Waals surface area contributed by atoms with Gasteiger partial charge in [-0.2, -0.15) is 26.3 Å². The first-order valence-electron chi connectivity index (χ1n) is 12.4. The van der Waals surface area contributed by atoms with E-state index < -0.39 is 68.2 Å². The van der Waals surface area contributed by atoms with Crippen molar-refractivity contribution in [3.05, 3.63) is 64.7 Å². The quantitative estimate of drug-likeness (QED) is 0.375. The maximum atomic E-state index is 14.9. The molecule has 2 amide bonds. The van der Waals surface area contributed by atoms with Crippen LogP contribution in [0, 0.1) is 6.92 Å². The highest BCUT2D eigenvalue weighted by Gasteiger charge is 2.74. The first-order valence-corrected chi connectivity index (χ1v) is 13.9. The number of halogens is 7. The predicted molar refractivity (Wildman–Crippen MR) is 131 cm³/mol. The summed E-state index contributed by atoms with van der Waals surface area (Å²) < 4.78 is 127. The molecule has 0 saturated carbocycles. The Morgan fingerprint density at radius 1 is 0.951 bits per heavy atom. The number of rotatable bonds is 3. The summed E-state index contributed by atoms with van der Waals surface area (Å²) in [6.45, 7) is 6.24. The highest BCUT2D eigenvalue weighted by atomic mass is 32.2. The Kier molecular flexibility index (Phi) is 7.08. The number of sulfone groups is 1. The molecule has 2 atom stereocenters. The van der Waals surface area contributed by atoms with Crippen molar-refractivity contribution in [2.45, 2.75) is 86.3 Å². The van der Waals surface area contributed by atoms with Crippen molar-refractivity contribution in [2.24, 2.45) is 0 Å². The summed E-state index contributed by atoms with van der Waals surface area (Å²) in [5, 5.41) is 0. The van der Waals surface area contributed by atoms with Gasteiger partial charge in [0.05, 0.1) is 17.4 Å². The van der Waals surface area contributed by atoms with Gasteiger partial charge in [0.25, 0.3) is 0 Å². The van der Waals surface area contributed by atoms with Crippen molar-refractivity contribution in [3.8, 4) is 0 Å². The number of hydrogen-bond acceptors (Lipinski definition) is 5. The standard InChI is InChI=1S/C27H26F7NO5S/c1-15-5-9-18(10-6-15)41(38,39)24-14-21(36)35(22(37)40-23(2,3)4)20(24)12-7-16-13-17(8-11-19(16)24)25(28,26(29,30)31)27(32,33)34/h5-6,8-11,13,20H,7,12,14H2,1-4H3/t20-,24-/m1/s1. The summed E-state index contributed by atoms with van der Waals surface area (Å²) in [6.07, 6.45) is -15.4. The Morgan fingerprint density at radius 2 is 1.51 bits per heavy atom. The van der Waals surface area contributed by atoms with Gasteiger partial charge in [-0.3, -0.25) is 4.79 Å². The number of hydrogen-bond donors (Lipinski definition) is 0. The molecular formula is C27H26F7NO5S. The molecule has 14 heteroatoms. The van der Waals surface area contributed by atoms with E-state index in [9.17, 15) is 48.7 Å². The third-order valence-electron chi connectivity index (χ3n) is 7.36. The molecule has 2 aromatic carbocycles. The minimum atomic E-state index is -6.38. The van der Waals surface area contributed by atoms with E-state index in [1.54, 1.807) is 6.92 Å². The molecule has 41 heavy (non-hydrogen) atoms. The fourth-order valence-corrected chi connectivity index (χ4v) is 7.84. The number of imide groups is 1. The second kappa shape index (κ2) is 9.43. The lowest BCUT2D eigenvalue weighted by molar-refractivity contribution is -0.348. The lowest BCUT2D eigenvalue weighted by Gasteiger charge is -2.42. The van der Waals surface area contributed by atoms with Crippen LogP contribution in [0.5, 0.6) is 0 Å². The van der Waals surface area contributed by atoms with Gasteiger partial charge in [-0.1, -0.05) is 35.9 Å². The molecule has 6 nitrogen and oxygen atoms in total. The van der Waals surface area contributed by atoms with E-state index in [-0.39, 0.29) is 34.9 Å². The van der Waals surface area contributed by atoms with Gasteiger partial charge < -0.3 is 4.74 Å². The third kappa shape index (κ3) is 4.67. The van der Waals surface area contributed by atoms with Gasteiger partial charge in [-0.05, 0) is 63.8 Å². The fourth-order valence-electron chi connectivity index (χ4n) is 5.54. The van der Waals surface area contributed by atoms with Crippen molar-refractivity contribution in [1.82, 2.24) is 4.90 Å². The number of carbonyl (C=O) groups is 2. The first-order chi connectivity index (χ1) is 18.6. The van der Waals surface area contributed by atoms with E-state index in [2.05, 4.69) is 0 Å². The molecule has 1 aliphatic carbocycles. The van der Waals surface area contributed by atoms with Crippen LogP contribution in [-0.4, -0.2) is 49.3 Å². The summed E-state index contributed by atoms with van der Waals surface area (Å²) in [4.78, 5) is 26.8. The normalized spacial score (nSPS) is 21.9. The monoisotopic (exact) mass is 609 g/mol. The zero-order chi connectivity index (χ0) is 31.0. The molecule has 0 unspecified atom stereocenters. The number of ether oxygens (including phenoxy) is 1. The Morgan fingerprint density at radius 3 is 2.02 bits per heavy atom. The number of likely N-dealkylation sites (tertiary alicyclic amines) is 1. The Balaban J connectivity index is 1.98. The highest BCUT2D eigenvalue weighted by molar-refractivity contribution is 7.92. The van der Waals surface area contributed by atoms with Crippen LogP contribution in [0.3, 0.4) is 0 Å². The number of benzene rings is 2. The maximum Gasteiger partial charge on any atom is 0.435 e. The second-order valence-corrected chi connectivity index (χ2v) is 13.4. The minimum Gasteiger partial charge on any atom is -0.443 e.